The molecular weight excluding hydrogens is 244 g/mol. The summed E-state index contributed by atoms with van der Waals surface area (Å²) in [4.78, 5) is 4.16. The molecule has 4 heteroatoms. The van der Waals surface area contributed by atoms with E-state index in [-0.39, 0.29) is 6.04 Å². The molecule has 1 saturated carbocycles. The van der Waals surface area contributed by atoms with Gasteiger partial charge in [0, 0.05) is 23.2 Å². The van der Waals surface area contributed by atoms with Crippen LogP contribution in [-0.2, 0) is 0 Å². The summed E-state index contributed by atoms with van der Waals surface area (Å²) in [6.45, 7) is 0. The molecule has 2 rings (SSSR count). The monoisotopic (exact) mass is 266 g/mol. The highest BCUT2D eigenvalue weighted by atomic mass is 32.2. The van der Waals surface area contributed by atoms with Gasteiger partial charge in [0.05, 0.1) is 13.3 Å². The van der Waals surface area contributed by atoms with Crippen molar-refractivity contribution in [3.05, 3.63) is 24.0 Å². The van der Waals surface area contributed by atoms with Crippen LogP contribution in [0.1, 0.15) is 43.7 Å². The third kappa shape index (κ3) is 3.89. The van der Waals surface area contributed by atoms with Gasteiger partial charge in [-0.2, -0.15) is 11.8 Å². The van der Waals surface area contributed by atoms with Gasteiger partial charge in [0.2, 0.25) is 0 Å². The summed E-state index contributed by atoms with van der Waals surface area (Å²) in [7, 11) is 1.66. The van der Waals surface area contributed by atoms with Crippen LogP contribution in [0.2, 0.25) is 0 Å². The highest BCUT2D eigenvalue weighted by Gasteiger charge is 2.16. The molecule has 0 saturated heterocycles. The van der Waals surface area contributed by atoms with Gasteiger partial charge in [-0.25, -0.2) is 0 Å². The van der Waals surface area contributed by atoms with Crippen LogP contribution < -0.4 is 10.5 Å². The largest absolute Gasteiger partial charge is 0.495 e. The normalized spacial score (nSPS) is 18.6. The Labute approximate surface area is 114 Å². The van der Waals surface area contributed by atoms with E-state index in [0.29, 0.717) is 0 Å². The average molecular weight is 266 g/mol. The molecule has 100 valence electrons. The lowest BCUT2D eigenvalue weighted by atomic mass is 10.0. The molecule has 18 heavy (non-hydrogen) atoms. The van der Waals surface area contributed by atoms with E-state index in [4.69, 9.17) is 10.5 Å². The highest BCUT2D eigenvalue weighted by molar-refractivity contribution is 7.99. The zero-order valence-electron chi connectivity index (χ0n) is 11.0. The van der Waals surface area contributed by atoms with Crippen molar-refractivity contribution < 1.29 is 4.74 Å². The van der Waals surface area contributed by atoms with Crippen LogP contribution >= 0.6 is 11.8 Å². The number of rotatable bonds is 5. The number of pyridine rings is 1. The van der Waals surface area contributed by atoms with Gasteiger partial charge in [0.1, 0.15) is 5.75 Å². The first kappa shape index (κ1) is 13.7. The summed E-state index contributed by atoms with van der Waals surface area (Å²) in [5, 5.41) is 0.809. The second kappa shape index (κ2) is 7.00. The predicted molar refractivity (Wildman–Crippen MR) is 77.0 cm³/mol. The van der Waals surface area contributed by atoms with E-state index in [1.54, 1.807) is 13.3 Å². The van der Waals surface area contributed by atoms with E-state index < -0.39 is 0 Å². The number of aromatic nitrogens is 1. The number of methoxy groups -OCH3 is 1. The smallest absolute Gasteiger partial charge is 0.137 e. The van der Waals surface area contributed by atoms with Crippen molar-refractivity contribution in [1.82, 2.24) is 4.98 Å². The Bertz CT molecular complexity index is 367. The SMILES string of the molecule is COc1cncc(C(N)CSC2CCCCC2)c1. The summed E-state index contributed by atoms with van der Waals surface area (Å²) in [6.07, 6.45) is 10.4. The zero-order chi connectivity index (χ0) is 12.8. The Balaban J connectivity index is 1.84. The molecule has 0 aromatic carbocycles. The van der Waals surface area contributed by atoms with Gasteiger partial charge < -0.3 is 10.5 Å². The molecule has 2 N–H and O–H groups in total. The number of hydrogen-bond acceptors (Lipinski definition) is 4. The molecule has 0 aliphatic heterocycles. The van der Waals surface area contributed by atoms with E-state index in [9.17, 15) is 0 Å². The third-order valence-electron chi connectivity index (χ3n) is 3.46. The van der Waals surface area contributed by atoms with Crippen LogP contribution in [-0.4, -0.2) is 23.1 Å². The summed E-state index contributed by atoms with van der Waals surface area (Å²) >= 11 is 2.02. The van der Waals surface area contributed by atoms with Crippen LogP contribution in [0.25, 0.3) is 0 Å². The van der Waals surface area contributed by atoms with Crippen LogP contribution in [0.3, 0.4) is 0 Å². The number of nitrogens with zero attached hydrogens (tertiary/aromatic N) is 1. The average Bonchev–Trinajstić information content (AvgIpc) is 2.46. The Hall–Kier alpha value is -0.740. The molecule has 1 aromatic rings. The number of ether oxygens (including phenoxy) is 1. The van der Waals surface area contributed by atoms with Crippen LogP contribution in [0.15, 0.2) is 18.5 Å². The lowest BCUT2D eigenvalue weighted by molar-refractivity contribution is 0.412. The van der Waals surface area contributed by atoms with Gasteiger partial charge in [-0.15, -0.1) is 0 Å². The van der Waals surface area contributed by atoms with Gasteiger partial charge >= 0.3 is 0 Å². The maximum Gasteiger partial charge on any atom is 0.137 e. The van der Waals surface area contributed by atoms with Crippen molar-refractivity contribution in [3.63, 3.8) is 0 Å². The van der Waals surface area contributed by atoms with Crippen molar-refractivity contribution in [2.45, 2.75) is 43.4 Å². The van der Waals surface area contributed by atoms with Crippen LogP contribution in [0.4, 0.5) is 0 Å². The van der Waals surface area contributed by atoms with Crippen molar-refractivity contribution in [3.8, 4) is 5.75 Å². The minimum Gasteiger partial charge on any atom is -0.495 e. The molecule has 1 fully saturated rings. The molecule has 1 aliphatic rings. The molecule has 1 heterocycles. The lowest BCUT2D eigenvalue weighted by Crippen LogP contribution is -2.17. The van der Waals surface area contributed by atoms with Crippen molar-refractivity contribution in [1.29, 1.82) is 0 Å². The second-order valence-corrected chi connectivity index (χ2v) is 6.19. The van der Waals surface area contributed by atoms with Gasteiger partial charge in [-0.3, -0.25) is 4.98 Å². The quantitative estimate of drug-likeness (QED) is 0.889. The lowest BCUT2D eigenvalue weighted by Gasteiger charge is -2.22. The third-order valence-corrected chi connectivity index (χ3v) is 4.96. The summed E-state index contributed by atoms with van der Waals surface area (Å²) < 4.78 is 5.17. The zero-order valence-corrected chi connectivity index (χ0v) is 11.8. The molecule has 3 nitrogen and oxygen atoms in total. The molecule has 1 aromatic heterocycles. The van der Waals surface area contributed by atoms with Crippen LogP contribution in [0.5, 0.6) is 5.75 Å². The first-order chi connectivity index (χ1) is 8.79. The molecule has 1 aliphatic carbocycles. The Morgan fingerprint density at radius 1 is 1.39 bits per heavy atom. The van der Waals surface area contributed by atoms with E-state index in [0.717, 1.165) is 22.3 Å². The van der Waals surface area contributed by atoms with Crippen LogP contribution in [0, 0.1) is 0 Å². The molecule has 0 amide bonds. The fourth-order valence-electron chi connectivity index (χ4n) is 2.32. The maximum atomic E-state index is 6.22. The summed E-state index contributed by atoms with van der Waals surface area (Å²) in [6, 6.07) is 2.04. The highest BCUT2D eigenvalue weighted by Crippen LogP contribution is 2.30. The van der Waals surface area contributed by atoms with Gasteiger partial charge in [0.25, 0.3) is 0 Å². The molecule has 0 spiro atoms. The van der Waals surface area contributed by atoms with Crippen molar-refractivity contribution in [2.24, 2.45) is 5.73 Å². The van der Waals surface area contributed by atoms with Gasteiger partial charge in [0.15, 0.2) is 0 Å². The van der Waals surface area contributed by atoms with E-state index >= 15 is 0 Å². The molecular formula is C14H22N2OS. The summed E-state index contributed by atoms with van der Waals surface area (Å²) in [5.41, 5.74) is 7.29. The minimum absolute atomic E-state index is 0.0551. The molecule has 1 unspecified atom stereocenters. The fraction of sp³-hybridized carbons (Fsp3) is 0.643. The van der Waals surface area contributed by atoms with E-state index in [1.165, 1.54) is 32.1 Å². The fourth-order valence-corrected chi connectivity index (χ4v) is 3.66. The molecule has 1 atom stereocenters. The van der Waals surface area contributed by atoms with Gasteiger partial charge in [-0.05, 0) is 24.5 Å². The Kier molecular flexibility index (Phi) is 5.32. The van der Waals surface area contributed by atoms with E-state index in [2.05, 4.69) is 4.98 Å². The second-order valence-electron chi connectivity index (χ2n) is 4.86. The van der Waals surface area contributed by atoms with E-state index in [1.807, 2.05) is 24.0 Å². The Morgan fingerprint density at radius 3 is 2.89 bits per heavy atom. The maximum absolute atomic E-state index is 6.22. The standard InChI is InChI=1S/C14H22N2OS/c1-17-12-7-11(8-16-9-12)14(15)10-18-13-5-3-2-4-6-13/h7-9,13-14H,2-6,10,15H2,1H3. The number of nitrogens with two attached hydrogens (primary N) is 1. The van der Waals surface area contributed by atoms with Crippen molar-refractivity contribution >= 4 is 11.8 Å². The molecule has 0 bridgehead atoms. The minimum atomic E-state index is 0.0551. The number of thioether (sulfide) groups is 1. The first-order valence-electron chi connectivity index (χ1n) is 6.65. The summed E-state index contributed by atoms with van der Waals surface area (Å²) in [5.74, 6) is 1.75. The van der Waals surface area contributed by atoms with Crippen molar-refractivity contribution in [2.75, 3.05) is 12.9 Å². The topological polar surface area (TPSA) is 48.1 Å². The van der Waals surface area contributed by atoms with Gasteiger partial charge in [-0.1, -0.05) is 19.3 Å². The predicted octanol–water partition coefficient (Wildman–Crippen LogP) is 3.16. The number of hydrogen-bond donors (Lipinski definition) is 1. The Morgan fingerprint density at radius 2 is 2.17 bits per heavy atom. The first-order valence-corrected chi connectivity index (χ1v) is 7.70. The molecule has 0 radical (unpaired) electrons.